The Kier molecular flexibility index (Phi) is 16.5. The van der Waals surface area contributed by atoms with Crippen LogP contribution in [0.15, 0.2) is 24.3 Å². The maximum absolute atomic E-state index is 13.4. The molecule has 5 heteroatoms. The zero-order chi connectivity index (χ0) is 22.6. The highest BCUT2D eigenvalue weighted by Gasteiger charge is 2.10. The van der Waals surface area contributed by atoms with Crippen LogP contribution in [-0.4, -0.2) is 18.5 Å². The number of carbonyl (C=O) groups is 2. The van der Waals surface area contributed by atoms with Crippen molar-refractivity contribution >= 4 is 11.9 Å². The molecule has 176 valence electrons. The van der Waals surface area contributed by atoms with Gasteiger partial charge >= 0.3 is 11.9 Å². The number of benzene rings is 1. The summed E-state index contributed by atoms with van der Waals surface area (Å²) in [4.78, 5) is 23.4. The molecule has 4 nitrogen and oxygen atoms in total. The summed E-state index contributed by atoms with van der Waals surface area (Å²) in [6.45, 7) is 2.69. The monoisotopic (exact) mass is 436 g/mol. The van der Waals surface area contributed by atoms with Crippen molar-refractivity contribution in [3.05, 3.63) is 30.1 Å². The van der Waals surface area contributed by atoms with E-state index in [1.54, 1.807) is 6.07 Å². The molecular formula is C26H41FO4. The minimum atomic E-state index is -0.576. The first-order valence-electron chi connectivity index (χ1n) is 12.2. The van der Waals surface area contributed by atoms with E-state index in [-0.39, 0.29) is 24.6 Å². The summed E-state index contributed by atoms with van der Waals surface area (Å²) in [5.41, 5.74) is 0. The van der Waals surface area contributed by atoms with E-state index in [9.17, 15) is 14.0 Å². The van der Waals surface area contributed by atoms with Crippen LogP contribution in [0, 0.1) is 5.82 Å². The maximum Gasteiger partial charge on any atom is 0.311 e. The summed E-state index contributed by atoms with van der Waals surface area (Å²) in [6.07, 6.45) is 17.2. The van der Waals surface area contributed by atoms with Crippen LogP contribution in [0.4, 0.5) is 4.39 Å². The molecule has 1 aromatic carbocycles. The predicted molar refractivity (Wildman–Crippen MR) is 123 cm³/mol. The molecule has 0 saturated heterocycles. The molecule has 0 unspecified atom stereocenters. The molecule has 0 aliphatic rings. The second-order valence-corrected chi connectivity index (χ2v) is 8.22. The third kappa shape index (κ3) is 15.5. The second-order valence-electron chi connectivity index (χ2n) is 8.22. The van der Waals surface area contributed by atoms with Crippen LogP contribution < -0.4 is 4.74 Å². The van der Waals surface area contributed by atoms with Crippen molar-refractivity contribution in [3.8, 4) is 5.75 Å². The molecule has 0 aliphatic carbocycles. The highest BCUT2D eigenvalue weighted by Crippen LogP contribution is 2.16. The van der Waals surface area contributed by atoms with E-state index in [0.717, 1.165) is 12.8 Å². The van der Waals surface area contributed by atoms with E-state index in [4.69, 9.17) is 9.47 Å². The van der Waals surface area contributed by atoms with Gasteiger partial charge in [0.25, 0.3) is 0 Å². The van der Waals surface area contributed by atoms with Crippen LogP contribution in [0.1, 0.15) is 110 Å². The lowest BCUT2D eigenvalue weighted by molar-refractivity contribution is -0.144. The molecule has 0 aliphatic heterocycles. The number of esters is 2. The van der Waals surface area contributed by atoms with Gasteiger partial charge in [-0.25, -0.2) is 4.39 Å². The lowest BCUT2D eigenvalue weighted by atomic mass is 10.0. The number of hydrogen-bond acceptors (Lipinski definition) is 4. The Hall–Kier alpha value is -1.91. The lowest BCUT2D eigenvalue weighted by Gasteiger charge is -2.06. The van der Waals surface area contributed by atoms with Gasteiger partial charge < -0.3 is 9.47 Å². The minimum absolute atomic E-state index is 0.0577. The Morgan fingerprint density at radius 2 is 1.23 bits per heavy atom. The average molecular weight is 437 g/mol. The first-order chi connectivity index (χ1) is 15.1. The van der Waals surface area contributed by atoms with Gasteiger partial charge in [-0.1, -0.05) is 96.1 Å². The largest absolute Gasteiger partial charge is 0.466 e. The molecule has 0 N–H and O–H groups in total. The SMILES string of the molecule is CCCCCCCCCCCCCCCOC(=O)CCCC(=O)Oc1ccccc1F. The highest BCUT2D eigenvalue weighted by atomic mass is 19.1. The smallest absolute Gasteiger partial charge is 0.311 e. The summed E-state index contributed by atoms with van der Waals surface area (Å²) in [7, 11) is 0. The molecule has 0 spiro atoms. The van der Waals surface area contributed by atoms with Gasteiger partial charge in [0.05, 0.1) is 6.61 Å². The first kappa shape index (κ1) is 27.1. The van der Waals surface area contributed by atoms with Gasteiger partial charge in [0.2, 0.25) is 0 Å². The standard InChI is InChI=1S/C26H41FO4/c1-2-3-4-5-6-7-8-9-10-11-12-13-16-22-30-25(28)20-17-21-26(29)31-24-19-15-14-18-23(24)27/h14-15,18-19H,2-13,16-17,20-22H2,1H3. The van der Waals surface area contributed by atoms with Gasteiger partial charge in [-0.15, -0.1) is 0 Å². The molecule has 0 bridgehead atoms. The van der Waals surface area contributed by atoms with Crippen molar-refractivity contribution in [1.29, 1.82) is 0 Å². The third-order valence-corrected chi connectivity index (χ3v) is 5.33. The quantitative estimate of drug-likeness (QED) is 0.128. The Labute approximate surface area is 187 Å². The zero-order valence-electron chi connectivity index (χ0n) is 19.3. The van der Waals surface area contributed by atoms with Gasteiger partial charge in [-0.2, -0.15) is 0 Å². The molecule has 0 aromatic heterocycles. The summed E-state index contributed by atoms with van der Waals surface area (Å²) in [6, 6.07) is 5.76. The van der Waals surface area contributed by atoms with E-state index >= 15 is 0 Å². The number of rotatable bonds is 19. The van der Waals surface area contributed by atoms with Crippen LogP contribution in [-0.2, 0) is 14.3 Å². The van der Waals surface area contributed by atoms with Crippen molar-refractivity contribution in [2.45, 2.75) is 110 Å². The fourth-order valence-corrected chi connectivity index (χ4v) is 3.46. The molecule has 0 radical (unpaired) electrons. The van der Waals surface area contributed by atoms with Gasteiger partial charge in [-0.3, -0.25) is 9.59 Å². The third-order valence-electron chi connectivity index (χ3n) is 5.33. The number of ether oxygens (including phenoxy) is 2. The number of para-hydroxylation sites is 1. The van der Waals surface area contributed by atoms with Crippen LogP contribution in [0.3, 0.4) is 0 Å². The van der Waals surface area contributed by atoms with E-state index in [1.165, 1.54) is 88.8 Å². The molecule has 0 saturated carbocycles. The minimum Gasteiger partial charge on any atom is -0.466 e. The van der Waals surface area contributed by atoms with Gasteiger partial charge in [0.1, 0.15) is 0 Å². The van der Waals surface area contributed by atoms with Crippen LogP contribution in [0.5, 0.6) is 5.75 Å². The van der Waals surface area contributed by atoms with Crippen molar-refractivity contribution in [3.63, 3.8) is 0 Å². The molecule has 0 heterocycles. The molecular weight excluding hydrogens is 395 g/mol. The lowest BCUT2D eigenvalue weighted by Crippen LogP contribution is -2.11. The van der Waals surface area contributed by atoms with E-state index in [0.29, 0.717) is 13.0 Å². The normalized spacial score (nSPS) is 10.8. The first-order valence-corrected chi connectivity index (χ1v) is 12.2. The highest BCUT2D eigenvalue weighted by molar-refractivity contribution is 5.74. The van der Waals surface area contributed by atoms with Gasteiger partial charge in [0, 0.05) is 12.8 Å². The molecule has 1 aromatic rings. The van der Waals surface area contributed by atoms with Crippen LogP contribution in [0.25, 0.3) is 0 Å². The fraction of sp³-hybridized carbons (Fsp3) is 0.692. The fourth-order valence-electron chi connectivity index (χ4n) is 3.46. The van der Waals surface area contributed by atoms with E-state index in [2.05, 4.69) is 6.92 Å². The Balaban J connectivity index is 1.86. The summed E-state index contributed by atoms with van der Waals surface area (Å²) >= 11 is 0. The summed E-state index contributed by atoms with van der Waals surface area (Å²) in [5, 5.41) is 0. The van der Waals surface area contributed by atoms with Crippen molar-refractivity contribution < 1.29 is 23.5 Å². The predicted octanol–water partition coefficient (Wildman–Crippen LogP) is 7.54. The second kappa shape index (κ2) is 18.8. The van der Waals surface area contributed by atoms with Gasteiger partial charge in [0.15, 0.2) is 11.6 Å². The van der Waals surface area contributed by atoms with Crippen LogP contribution in [0.2, 0.25) is 0 Å². The molecule has 0 fully saturated rings. The average Bonchev–Trinajstić information content (AvgIpc) is 2.75. The molecule has 31 heavy (non-hydrogen) atoms. The van der Waals surface area contributed by atoms with E-state index < -0.39 is 11.8 Å². The Bertz CT molecular complexity index is 603. The van der Waals surface area contributed by atoms with Crippen LogP contribution >= 0.6 is 0 Å². The van der Waals surface area contributed by atoms with Crippen molar-refractivity contribution in [1.82, 2.24) is 0 Å². The molecule has 0 amide bonds. The number of hydrogen-bond donors (Lipinski definition) is 0. The molecule has 1 rings (SSSR count). The molecule has 0 atom stereocenters. The van der Waals surface area contributed by atoms with Crippen molar-refractivity contribution in [2.75, 3.05) is 6.61 Å². The van der Waals surface area contributed by atoms with Crippen molar-refractivity contribution in [2.24, 2.45) is 0 Å². The summed E-state index contributed by atoms with van der Waals surface area (Å²) in [5.74, 6) is -1.50. The number of halogens is 1. The Morgan fingerprint density at radius 3 is 1.81 bits per heavy atom. The van der Waals surface area contributed by atoms with Gasteiger partial charge in [-0.05, 0) is 25.0 Å². The number of unbranched alkanes of at least 4 members (excludes halogenated alkanes) is 12. The Morgan fingerprint density at radius 1 is 0.710 bits per heavy atom. The number of carbonyl (C=O) groups excluding carboxylic acids is 2. The zero-order valence-corrected chi connectivity index (χ0v) is 19.3. The summed E-state index contributed by atoms with van der Waals surface area (Å²) < 4.78 is 23.6. The van der Waals surface area contributed by atoms with E-state index in [1.807, 2.05) is 0 Å². The topological polar surface area (TPSA) is 52.6 Å². The maximum atomic E-state index is 13.4.